The van der Waals surface area contributed by atoms with E-state index in [-0.39, 0.29) is 41.6 Å². The maximum absolute atomic E-state index is 13.3. The number of anilines is 1. The number of carbonyl (C=O) groups is 4. The zero-order valence-electron chi connectivity index (χ0n) is 23.3. The molecule has 0 saturated heterocycles. The van der Waals surface area contributed by atoms with Gasteiger partial charge in [0.15, 0.2) is 0 Å². The molecule has 0 aromatic heterocycles. The minimum Gasteiger partial charge on any atom is -0.462 e. The molecule has 2 aromatic carbocycles. The van der Waals surface area contributed by atoms with Crippen LogP contribution in [0, 0.1) is 16.0 Å². The number of esters is 3. The van der Waals surface area contributed by atoms with Gasteiger partial charge < -0.3 is 19.5 Å². The van der Waals surface area contributed by atoms with Gasteiger partial charge in [0.1, 0.15) is 19.1 Å². The van der Waals surface area contributed by atoms with Gasteiger partial charge in [-0.1, -0.05) is 12.1 Å². The first-order valence-electron chi connectivity index (χ1n) is 12.8. The van der Waals surface area contributed by atoms with Crippen molar-refractivity contribution in [1.82, 2.24) is 0 Å². The maximum atomic E-state index is 13.3. The summed E-state index contributed by atoms with van der Waals surface area (Å²) in [4.78, 5) is 65.3. The number of amides is 1. The number of rotatable bonds is 10. The lowest BCUT2D eigenvalue weighted by molar-refractivity contribution is -0.384. The van der Waals surface area contributed by atoms with Crippen LogP contribution in [0.5, 0.6) is 0 Å². The highest BCUT2D eigenvalue weighted by molar-refractivity contribution is 6.07. The molecule has 0 bridgehead atoms. The Morgan fingerprint density at radius 1 is 1.00 bits per heavy atom. The number of benzene rings is 2. The first-order valence-corrected chi connectivity index (χ1v) is 12.8. The fourth-order valence-electron chi connectivity index (χ4n) is 4.43. The van der Waals surface area contributed by atoms with Gasteiger partial charge in [-0.25, -0.2) is 9.59 Å². The first kappa shape index (κ1) is 30.7. The fourth-order valence-corrected chi connectivity index (χ4v) is 4.43. The van der Waals surface area contributed by atoms with Gasteiger partial charge in [-0.05, 0) is 57.5 Å². The van der Waals surface area contributed by atoms with Gasteiger partial charge in [-0.3, -0.25) is 24.7 Å². The number of non-ortho nitro benzene ring substituents is 1. The highest BCUT2D eigenvalue weighted by atomic mass is 16.6. The van der Waals surface area contributed by atoms with E-state index in [1.165, 1.54) is 37.3 Å². The molecule has 0 spiro atoms. The molecule has 2 aromatic rings. The number of nitrogens with one attached hydrogen (secondary N) is 1. The van der Waals surface area contributed by atoms with E-state index in [1.807, 2.05) is 0 Å². The number of nitrogens with zero attached hydrogens (tertiary/aromatic N) is 2. The Hall–Kier alpha value is -4.87. The third-order valence-corrected chi connectivity index (χ3v) is 6.08. The van der Waals surface area contributed by atoms with Gasteiger partial charge in [0.05, 0.1) is 22.2 Å². The monoisotopic (exact) mass is 565 g/mol. The molecule has 1 aliphatic rings. The molecule has 41 heavy (non-hydrogen) atoms. The first-order chi connectivity index (χ1) is 19.4. The van der Waals surface area contributed by atoms with Crippen molar-refractivity contribution < 1.29 is 38.3 Å². The van der Waals surface area contributed by atoms with Crippen LogP contribution < -0.4 is 5.32 Å². The number of hydrogen-bond acceptors (Lipinski definition) is 10. The largest absolute Gasteiger partial charge is 0.462 e. The Morgan fingerprint density at radius 2 is 1.63 bits per heavy atom. The summed E-state index contributed by atoms with van der Waals surface area (Å²) in [5.74, 6) is -4.33. The van der Waals surface area contributed by atoms with E-state index in [0.29, 0.717) is 17.0 Å². The molecule has 1 heterocycles. The number of carbonyl (C=O) groups excluding carboxylic acids is 4. The summed E-state index contributed by atoms with van der Waals surface area (Å²) in [6.45, 7) is 7.40. The molecule has 1 aliphatic heterocycles. The summed E-state index contributed by atoms with van der Waals surface area (Å²) in [7, 11) is 0. The van der Waals surface area contributed by atoms with Gasteiger partial charge in [-0.2, -0.15) is 0 Å². The molecule has 0 radical (unpaired) electrons. The van der Waals surface area contributed by atoms with E-state index in [9.17, 15) is 29.3 Å². The predicted octanol–water partition coefficient (Wildman–Crippen LogP) is 4.35. The molecule has 0 fully saturated rings. The van der Waals surface area contributed by atoms with Crippen molar-refractivity contribution >= 4 is 40.9 Å². The van der Waals surface area contributed by atoms with E-state index in [1.54, 1.807) is 45.9 Å². The van der Waals surface area contributed by atoms with Gasteiger partial charge in [0.25, 0.3) is 5.69 Å². The van der Waals surface area contributed by atoms with Crippen LogP contribution in [0.2, 0.25) is 0 Å². The van der Waals surface area contributed by atoms with Crippen molar-refractivity contribution in [3.05, 3.63) is 81.0 Å². The lowest BCUT2D eigenvalue weighted by atomic mass is 9.75. The number of ether oxygens (including phenoxy) is 3. The number of allylic oxidation sites excluding steroid dienone is 1. The summed E-state index contributed by atoms with van der Waals surface area (Å²) in [6.07, 6.45) is -0.445. The van der Waals surface area contributed by atoms with Gasteiger partial charge in [0, 0.05) is 42.1 Å². The molecule has 3 rings (SSSR count). The van der Waals surface area contributed by atoms with Crippen molar-refractivity contribution in [2.24, 2.45) is 10.9 Å². The second-order valence-electron chi connectivity index (χ2n) is 9.58. The van der Waals surface area contributed by atoms with Crippen LogP contribution in [-0.2, 0) is 28.6 Å². The molecule has 2 atom stereocenters. The molecule has 0 aliphatic carbocycles. The smallest absolute Gasteiger partial charge is 0.338 e. The van der Waals surface area contributed by atoms with Crippen molar-refractivity contribution in [2.45, 2.75) is 46.6 Å². The standard InChI is InChI=1S/C29H31N3O9/c1-16(2)41-29(36)25-18(4)30-17(3)24(26(25)21-7-6-8-23(15-21)32(37)38)28(35)40-14-13-39-27(34)20-9-11-22(12-10-20)31-19(5)33/h6-12,15-16,25-26H,13-14H2,1-5H3,(H,31,33). The summed E-state index contributed by atoms with van der Waals surface area (Å²) < 4.78 is 16.0. The number of aliphatic imine (C=N–C) groups is 1. The predicted molar refractivity (Wildman–Crippen MR) is 148 cm³/mol. The molecular formula is C29H31N3O9. The van der Waals surface area contributed by atoms with E-state index >= 15 is 0 Å². The van der Waals surface area contributed by atoms with Crippen LogP contribution in [0.15, 0.2) is 64.8 Å². The average molecular weight is 566 g/mol. The lowest BCUT2D eigenvalue weighted by Gasteiger charge is -2.32. The summed E-state index contributed by atoms with van der Waals surface area (Å²) in [5, 5.41) is 14.1. The molecule has 2 unspecified atom stereocenters. The molecule has 216 valence electrons. The van der Waals surface area contributed by atoms with Crippen LogP contribution in [0.1, 0.15) is 56.5 Å². The molecule has 0 saturated carbocycles. The van der Waals surface area contributed by atoms with E-state index in [4.69, 9.17) is 14.2 Å². The molecule has 1 amide bonds. The molecular weight excluding hydrogens is 534 g/mol. The Bertz CT molecular complexity index is 1410. The summed E-state index contributed by atoms with van der Waals surface area (Å²) in [6, 6.07) is 11.7. The maximum Gasteiger partial charge on any atom is 0.338 e. The SMILES string of the molecule is CC(=O)Nc1ccc(C(=O)OCCOC(=O)C2=C(C)N=C(C)C(C(=O)OC(C)C)C2c2cccc([N+](=O)[O-])c2)cc1. The molecule has 1 N–H and O–H groups in total. The van der Waals surface area contributed by atoms with E-state index in [2.05, 4.69) is 10.3 Å². The average Bonchev–Trinajstić information content (AvgIpc) is 2.90. The van der Waals surface area contributed by atoms with Crippen molar-refractivity contribution in [3.63, 3.8) is 0 Å². The number of nitro benzene ring substituents is 1. The minimum atomic E-state index is -1.02. The zero-order valence-corrected chi connectivity index (χ0v) is 23.3. The topological polar surface area (TPSA) is 164 Å². The minimum absolute atomic E-state index is 0.0432. The molecule has 12 heteroatoms. The summed E-state index contributed by atoms with van der Waals surface area (Å²) >= 11 is 0. The van der Waals surface area contributed by atoms with Gasteiger partial charge >= 0.3 is 17.9 Å². The lowest BCUT2D eigenvalue weighted by Crippen LogP contribution is -2.37. The Balaban J connectivity index is 1.78. The number of nitro groups is 1. The fraction of sp³-hybridized carbons (Fsp3) is 0.345. The van der Waals surface area contributed by atoms with E-state index < -0.39 is 40.8 Å². The van der Waals surface area contributed by atoms with Crippen LogP contribution >= 0.6 is 0 Å². The second kappa shape index (κ2) is 13.5. The zero-order chi connectivity index (χ0) is 30.3. The third-order valence-electron chi connectivity index (χ3n) is 6.08. The van der Waals surface area contributed by atoms with Crippen molar-refractivity contribution in [1.29, 1.82) is 0 Å². The normalized spacial score (nSPS) is 16.5. The molecule has 12 nitrogen and oxygen atoms in total. The Kier molecular flexibility index (Phi) is 10.1. The van der Waals surface area contributed by atoms with Crippen molar-refractivity contribution in [3.8, 4) is 0 Å². The van der Waals surface area contributed by atoms with Crippen LogP contribution in [0.25, 0.3) is 0 Å². The Labute approximate surface area is 236 Å². The highest BCUT2D eigenvalue weighted by Gasteiger charge is 2.43. The van der Waals surface area contributed by atoms with Gasteiger partial charge in [0.2, 0.25) is 5.91 Å². The second-order valence-corrected chi connectivity index (χ2v) is 9.58. The van der Waals surface area contributed by atoms with Gasteiger partial charge in [-0.15, -0.1) is 0 Å². The van der Waals surface area contributed by atoms with Crippen LogP contribution in [0.3, 0.4) is 0 Å². The number of hydrogen-bond donors (Lipinski definition) is 1. The highest BCUT2D eigenvalue weighted by Crippen LogP contribution is 2.41. The van der Waals surface area contributed by atoms with Crippen LogP contribution in [0.4, 0.5) is 11.4 Å². The third kappa shape index (κ3) is 7.84. The Morgan fingerprint density at radius 3 is 2.22 bits per heavy atom. The van der Waals surface area contributed by atoms with Crippen molar-refractivity contribution in [2.75, 3.05) is 18.5 Å². The van der Waals surface area contributed by atoms with E-state index in [0.717, 1.165) is 0 Å². The quantitative estimate of drug-likeness (QED) is 0.145. The van der Waals surface area contributed by atoms with Crippen LogP contribution in [-0.4, -0.2) is 53.8 Å². The summed E-state index contributed by atoms with van der Waals surface area (Å²) in [5.41, 5.74) is 1.61.